The van der Waals surface area contributed by atoms with Crippen LogP contribution in [0.1, 0.15) is 10.6 Å². The van der Waals surface area contributed by atoms with Crippen molar-refractivity contribution >= 4 is 18.3 Å². The monoisotopic (exact) mass is 289 g/mol. The number of thiazole rings is 1. The summed E-state index contributed by atoms with van der Waals surface area (Å²) in [4.78, 5) is 5.08. The smallest absolute Gasteiger partial charge is 0.445 e. The molecule has 0 spiro atoms. The Morgan fingerprint density at radius 3 is 2.65 bits per heavy atom. The molecular formula is C9H12BF3KNOS. The number of halogens is 3. The first-order valence-electron chi connectivity index (χ1n) is 4.75. The molecule has 8 heteroatoms. The van der Waals surface area contributed by atoms with Gasteiger partial charge in [-0.15, -0.1) is 23.4 Å². The zero-order valence-corrected chi connectivity index (χ0v) is 13.8. The van der Waals surface area contributed by atoms with E-state index in [4.69, 9.17) is 4.74 Å². The van der Waals surface area contributed by atoms with Crippen molar-refractivity contribution in [2.24, 2.45) is 0 Å². The topological polar surface area (TPSA) is 22.1 Å². The second kappa shape index (κ2) is 8.08. The summed E-state index contributed by atoms with van der Waals surface area (Å²) in [6.45, 7) is -0.345. The maximum Gasteiger partial charge on any atom is 1.00 e. The Hall–Kier alpha value is 0.821. The van der Waals surface area contributed by atoms with E-state index in [1.165, 1.54) is 11.3 Å². The first-order valence-corrected chi connectivity index (χ1v) is 5.63. The van der Waals surface area contributed by atoms with Crippen LogP contribution in [0.25, 0.3) is 0 Å². The standard InChI is InChI=1S/C9H12BF3NOS.K/c1-7(10(11,12)13)5-15-4-3-9-8(2)14-6-16-9;/h6H,1,3-5H2,2H3;/q-1;+1. The van der Waals surface area contributed by atoms with Gasteiger partial charge >= 0.3 is 58.4 Å². The molecule has 1 heterocycles. The van der Waals surface area contributed by atoms with Crippen molar-refractivity contribution in [3.05, 3.63) is 28.1 Å². The van der Waals surface area contributed by atoms with Gasteiger partial charge in [0.15, 0.2) is 0 Å². The van der Waals surface area contributed by atoms with Gasteiger partial charge in [0, 0.05) is 17.9 Å². The van der Waals surface area contributed by atoms with E-state index in [1.54, 1.807) is 5.51 Å². The molecular weight excluding hydrogens is 277 g/mol. The average molecular weight is 289 g/mol. The van der Waals surface area contributed by atoms with Crippen LogP contribution in [0.5, 0.6) is 0 Å². The molecule has 0 aliphatic carbocycles. The van der Waals surface area contributed by atoms with Crippen molar-refractivity contribution in [3.8, 4) is 0 Å². The fraction of sp³-hybridized carbons (Fsp3) is 0.444. The fourth-order valence-corrected chi connectivity index (χ4v) is 1.79. The molecule has 1 aromatic heterocycles. The predicted octanol–water partition coefficient (Wildman–Crippen LogP) is -0.0426. The van der Waals surface area contributed by atoms with Gasteiger partial charge in [-0.25, -0.2) is 4.98 Å². The maximum atomic E-state index is 12.1. The summed E-state index contributed by atoms with van der Waals surface area (Å²) in [5.41, 5.74) is 1.83. The third kappa shape index (κ3) is 6.51. The molecule has 0 bridgehead atoms. The summed E-state index contributed by atoms with van der Waals surface area (Å²) in [6, 6.07) is 0. The molecule has 0 N–H and O–H groups in total. The van der Waals surface area contributed by atoms with E-state index in [9.17, 15) is 12.9 Å². The molecule has 1 aromatic rings. The Kier molecular flexibility index (Phi) is 8.48. The van der Waals surface area contributed by atoms with Gasteiger partial charge in [0.2, 0.25) is 0 Å². The van der Waals surface area contributed by atoms with E-state index in [-0.39, 0.29) is 58.0 Å². The third-order valence-corrected chi connectivity index (χ3v) is 3.06. The summed E-state index contributed by atoms with van der Waals surface area (Å²) >= 11 is 1.48. The number of hydrogen-bond acceptors (Lipinski definition) is 3. The average Bonchev–Trinajstić information content (AvgIpc) is 2.57. The first kappa shape index (κ1) is 17.8. The van der Waals surface area contributed by atoms with Crippen LogP contribution in [0.15, 0.2) is 17.6 Å². The summed E-state index contributed by atoms with van der Waals surface area (Å²) in [7, 11) is 0. The number of hydrogen-bond donors (Lipinski definition) is 0. The maximum absolute atomic E-state index is 12.1. The van der Waals surface area contributed by atoms with Crippen molar-refractivity contribution in [1.82, 2.24) is 4.98 Å². The minimum Gasteiger partial charge on any atom is -0.445 e. The van der Waals surface area contributed by atoms with Crippen LogP contribution >= 0.6 is 11.3 Å². The summed E-state index contributed by atoms with van der Waals surface area (Å²) in [5, 5.41) is 0. The van der Waals surface area contributed by atoms with Crippen molar-refractivity contribution in [3.63, 3.8) is 0 Å². The molecule has 0 fully saturated rings. The van der Waals surface area contributed by atoms with Crippen molar-refractivity contribution < 1.29 is 69.1 Å². The van der Waals surface area contributed by atoms with Crippen LogP contribution in [0, 0.1) is 6.92 Å². The van der Waals surface area contributed by atoms with E-state index in [1.807, 2.05) is 6.92 Å². The summed E-state index contributed by atoms with van der Waals surface area (Å²) in [6.07, 6.45) is 0.592. The molecule has 1 rings (SSSR count). The molecule has 0 unspecified atom stereocenters. The van der Waals surface area contributed by atoms with Crippen molar-refractivity contribution in [2.45, 2.75) is 13.3 Å². The molecule has 0 aliphatic rings. The Labute approximate surface area is 145 Å². The third-order valence-electron chi connectivity index (χ3n) is 2.07. The Balaban J connectivity index is 0.00000256. The number of ether oxygens (including phenoxy) is 1. The zero-order chi connectivity index (χ0) is 12.2. The SMILES string of the molecule is C=C(COCCc1scnc1C)[B-](F)(F)F.[K+]. The molecule has 0 atom stereocenters. The van der Waals surface area contributed by atoms with Gasteiger partial charge in [0.05, 0.1) is 17.8 Å². The van der Waals surface area contributed by atoms with Crippen LogP contribution < -0.4 is 51.4 Å². The fourth-order valence-electron chi connectivity index (χ4n) is 1.03. The Morgan fingerprint density at radius 2 is 2.18 bits per heavy atom. The number of aryl methyl sites for hydroxylation is 1. The van der Waals surface area contributed by atoms with Crippen LogP contribution in [0.2, 0.25) is 0 Å². The zero-order valence-electron chi connectivity index (χ0n) is 9.88. The van der Waals surface area contributed by atoms with E-state index in [2.05, 4.69) is 11.6 Å². The number of aromatic nitrogens is 1. The van der Waals surface area contributed by atoms with Crippen LogP contribution in [-0.2, 0) is 11.2 Å². The Bertz CT molecular complexity index is 369. The van der Waals surface area contributed by atoms with E-state index in [0.29, 0.717) is 6.42 Å². The van der Waals surface area contributed by atoms with E-state index < -0.39 is 19.1 Å². The van der Waals surface area contributed by atoms with Gasteiger partial charge in [-0.3, -0.25) is 0 Å². The van der Waals surface area contributed by atoms with E-state index >= 15 is 0 Å². The van der Waals surface area contributed by atoms with Gasteiger partial charge in [-0.2, -0.15) is 0 Å². The molecule has 17 heavy (non-hydrogen) atoms. The largest absolute Gasteiger partial charge is 1.00 e. The van der Waals surface area contributed by atoms with Gasteiger partial charge in [0.25, 0.3) is 0 Å². The molecule has 0 aromatic carbocycles. The quantitative estimate of drug-likeness (QED) is 0.541. The predicted molar refractivity (Wildman–Crippen MR) is 59.6 cm³/mol. The van der Waals surface area contributed by atoms with Gasteiger partial charge in [-0.1, -0.05) is 0 Å². The molecule has 2 nitrogen and oxygen atoms in total. The van der Waals surface area contributed by atoms with Gasteiger partial charge in [-0.05, 0) is 6.92 Å². The van der Waals surface area contributed by atoms with Crippen LogP contribution in [0.3, 0.4) is 0 Å². The summed E-state index contributed by atoms with van der Waals surface area (Å²) in [5.74, 6) is 0. The van der Waals surface area contributed by atoms with E-state index in [0.717, 1.165) is 10.6 Å². The molecule has 0 saturated carbocycles. The van der Waals surface area contributed by atoms with Crippen LogP contribution in [-0.4, -0.2) is 25.2 Å². The normalized spacial score (nSPS) is 11.1. The van der Waals surface area contributed by atoms with Gasteiger partial charge < -0.3 is 17.7 Å². The molecule has 0 aliphatic heterocycles. The first-order chi connectivity index (χ1) is 7.41. The second-order valence-electron chi connectivity index (χ2n) is 3.40. The summed E-state index contributed by atoms with van der Waals surface area (Å²) < 4.78 is 41.2. The second-order valence-corrected chi connectivity index (χ2v) is 4.34. The molecule has 90 valence electrons. The number of nitrogens with zero attached hydrogens (tertiary/aromatic N) is 1. The molecule has 0 amide bonds. The Morgan fingerprint density at radius 1 is 1.53 bits per heavy atom. The molecule has 0 radical (unpaired) electrons. The number of rotatable bonds is 6. The van der Waals surface area contributed by atoms with Crippen LogP contribution in [0.4, 0.5) is 12.9 Å². The van der Waals surface area contributed by atoms with Crippen molar-refractivity contribution in [1.29, 1.82) is 0 Å². The van der Waals surface area contributed by atoms with Crippen molar-refractivity contribution in [2.75, 3.05) is 13.2 Å². The minimum atomic E-state index is -4.97. The van der Waals surface area contributed by atoms with Gasteiger partial charge in [0.1, 0.15) is 0 Å². The minimum absolute atomic E-state index is 0. The molecule has 0 saturated heterocycles.